The molecule has 1 fully saturated rings. The highest BCUT2D eigenvalue weighted by atomic mass is 16.3. The lowest BCUT2D eigenvalue weighted by atomic mass is 9.90. The number of amides is 2. The van der Waals surface area contributed by atoms with Gasteiger partial charge in [-0.3, -0.25) is 0 Å². The second-order valence-electron chi connectivity index (χ2n) is 6.58. The van der Waals surface area contributed by atoms with Gasteiger partial charge in [0, 0.05) is 5.69 Å². The molecule has 0 saturated heterocycles. The third-order valence-electron chi connectivity index (χ3n) is 4.85. The predicted molar refractivity (Wildman–Crippen MR) is 83.5 cm³/mol. The van der Waals surface area contributed by atoms with Gasteiger partial charge in [-0.25, -0.2) is 4.79 Å². The van der Waals surface area contributed by atoms with Crippen LogP contribution in [0.25, 0.3) is 0 Å². The standard InChI is InChI=1S/C17H24N2O2/c1-17(11-20,13-9-10-13)19-16(21)18-15-8-4-6-12-5-2-3-7-14(12)15/h4,6,8,13,20H,2-3,5,7,9-11H2,1H3,(H2,18,19,21). The van der Waals surface area contributed by atoms with Gasteiger partial charge in [-0.2, -0.15) is 0 Å². The van der Waals surface area contributed by atoms with Crippen LogP contribution in [-0.4, -0.2) is 23.3 Å². The van der Waals surface area contributed by atoms with E-state index in [2.05, 4.69) is 16.7 Å². The normalized spacial score (nSPS) is 20.3. The Morgan fingerprint density at radius 1 is 1.33 bits per heavy atom. The Hall–Kier alpha value is -1.55. The fraction of sp³-hybridized carbons (Fsp3) is 0.588. The van der Waals surface area contributed by atoms with E-state index >= 15 is 0 Å². The minimum Gasteiger partial charge on any atom is -0.394 e. The molecule has 4 nitrogen and oxygen atoms in total. The molecule has 0 heterocycles. The second kappa shape index (κ2) is 5.68. The third kappa shape index (κ3) is 3.05. The van der Waals surface area contributed by atoms with Gasteiger partial charge in [0.25, 0.3) is 0 Å². The fourth-order valence-corrected chi connectivity index (χ4v) is 3.30. The Bertz CT molecular complexity index is 540. The fourth-order valence-electron chi connectivity index (χ4n) is 3.30. The molecule has 2 amide bonds. The van der Waals surface area contributed by atoms with E-state index in [0.29, 0.717) is 5.92 Å². The van der Waals surface area contributed by atoms with Gasteiger partial charge >= 0.3 is 6.03 Å². The molecule has 0 aliphatic heterocycles. The molecule has 1 unspecified atom stereocenters. The Labute approximate surface area is 125 Å². The number of carbonyl (C=O) groups excluding carboxylic acids is 1. The summed E-state index contributed by atoms with van der Waals surface area (Å²) in [5, 5.41) is 15.5. The number of urea groups is 1. The van der Waals surface area contributed by atoms with Gasteiger partial charge in [0.05, 0.1) is 12.1 Å². The lowest BCUT2D eigenvalue weighted by Crippen LogP contribution is -2.52. The molecule has 1 atom stereocenters. The summed E-state index contributed by atoms with van der Waals surface area (Å²) in [5.41, 5.74) is 3.04. The maximum atomic E-state index is 12.3. The lowest BCUT2D eigenvalue weighted by molar-refractivity contribution is 0.159. The average molecular weight is 288 g/mol. The molecule has 3 N–H and O–H groups in total. The maximum absolute atomic E-state index is 12.3. The number of nitrogens with one attached hydrogen (secondary N) is 2. The zero-order valence-electron chi connectivity index (χ0n) is 12.6. The SMILES string of the molecule is CC(CO)(NC(=O)Nc1cccc2c1CCCC2)C1CC1. The summed E-state index contributed by atoms with van der Waals surface area (Å²) in [6, 6.07) is 5.92. The van der Waals surface area contributed by atoms with Gasteiger partial charge in [0.1, 0.15) is 0 Å². The molecule has 0 spiro atoms. The van der Waals surface area contributed by atoms with Gasteiger partial charge in [0.2, 0.25) is 0 Å². The molecular weight excluding hydrogens is 264 g/mol. The summed E-state index contributed by atoms with van der Waals surface area (Å²) in [7, 11) is 0. The molecule has 21 heavy (non-hydrogen) atoms. The van der Waals surface area contributed by atoms with Gasteiger partial charge in [-0.1, -0.05) is 12.1 Å². The molecule has 4 heteroatoms. The number of anilines is 1. The highest BCUT2D eigenvalue weighted by Crippen LogP contribution is 2.39. The zero-order valence-corrected chi connectivity index (χ0v) is 12.6. The van der Waals surface area contributed by atoms with E-state index in [1.807, 2.05) is 19.1 Å². The van der Waals surface area contributed by atoms with E-state index < -0.39 is 5.54 Å². The van der Waals surface area contributed by atoms with Gasteiger partial charge in [0.15, 0.2) is 0 Å². The minimum absolute atomic E-state index is 0.0159. The number of aryl methyl sites for hydroxylation is 1. The summed E-state index contributed by atoms with van der Waals surface area (Å²) in [6.45, 7) is 1.91. The molecule has 1 aromatic rings. The lowest BCUT2D eigenvalue weighted by Gasteiger charge is -2.29. The molecule has 0 radical (unpaired) electrons. The molecule has 1 saturated carbocycles. The molecule has 2 aliphatic carbocycles. The van der Waals surface area contributed by atoms with Crippen molar-refractivity contribution < 1.29 is 9.90 Å². The highest BCUT2D eigenvalue weighted by Gasteiger charge is 2.42. The number of hydrogen-bond donors (Lipinski definition) is 3. The average Bonchev–Trinajstić information content (AvgIpc) is 3.32. The third-order valence-corrected chi connectivity index (χ3v) is 4.85. The zero-order chi connectivity index (χ0) is 14.9. The van der Waals surface area contributed by atoms with Crippen LogP contribution in [0.4, 0.5) is 10.5 Å². The molecule has 0 bridgehead atoms. The molecule has 1 aromatic carbocycles. The van der Waals surface area contributed by atoms with E-state index in [1.54, 1.807) is 0 Å². The van der Waals surface area contributed by atoms with Crippen molar-refractivity contribution in [1.82, 2.24) is 5.32 Å². The minimum atomic E-state index is -0.501. The molecule has 0 aromatic heterocycles. The maximum Gasteiger partial charge on any atom is 0.319 e. The number of carbonyl (C=O) groups is 1. The van der Waals surface area contributed by atoms with Gasteiger partial charge in [-0.05, 0) is 68.6 Å². The number of aliphatic hydroxyl groups excluding tert-OH is 1. The molecule has 2 aliphatic rings. The summed E-state index contributed by atoms with van der Waals surface area (Å²) in [4.78, 5) is 12.3. The summed E-state index contributed by atoms with van der Waals surface area (Å²) >= 11 is 0. The van der Waals surface area contributed by atoms with Crippen molar-refractivity contribution in [2.75, 3.05) is 11.9 Å². The predicted octanol–water partition coefficient (Wildman–Crippen LogP) is 2.85. The summed E-state index contributed by atoms with van der Waals surface area (Å²) in [6.07, 6.45) is 6.71. The van der Waals surface area contributed by atoms with Crippen LogP contribution in [-0.2, 0) is 12.8 Å². The van der Waals surface area contributed by atoms with Crippen molar-refractivity contribution in [2.45, 2.75) is 51.0 Å². The molecular formula is C17H24N2O2. The van der Waals surface area contributed by atoms with Crippen LogP contribution in [0.15, 0.2) is 18.2 Å². The van der Waals surface area contributed by atoms with E-state index in [9.17, 15) is 9.90 Å². The van der Waals surface area contributed by atoms with Crippen LogP contribution in [0.5, 0.6) is 0 Å². The van der Waals surface area contributed by atoms with E-state index in [1.165, 1.54) is 24.0 Å². The number of rotatable bonds is 4. The second-order valence-corrected chi connectivity index (χ2v) is 6.58. The number of aliphatic hydroxyl groups is 1. The summed E-state index contributed by atoms with van der Waals surface area (Å²) in [5.74, 6) is 0.401. The first-order valence-electron chi connectivity index (χ1n) is 7.93. The van der Waals surface area contributed by atoms with Crippen molar-refractivity contribution in [1.29, 1.82) is 0 Å². The first-order chi connectivity index (χ1) is 10.1. The van der Waals surface area contributed by atoms with Crippen molar-refractivity contribution in [3.8, 4) is 0 Å². The molecule has 3 rings (SSSR count). The number of fused-ring (bicyclic) bond motifs is 1. The van der Waals surface area contributed by atoms with Crippen molar-refractivity contribution in [2.24, 2.45) is 5.92 Å². The van der Waals surface area contributed by atoms with Gasteiger partial charge in [-0.15, -0.1) is 0 Å². The van der Waals surface area contributed by atoms with Crippen LogP contribution in [0.3, 0.4) is 0 Å². The number of hydrogen-bond acceptors (Lipinski definition) is 2. The Balaban J connectivity index is 1.70. The van der Waals surface area contributed by atoms with Crippen molar-refractivity contribution >= 4 is 11.7 Å². The Morgan fingerprint density at radius 2 is 2.10 bits per heavy atom. The van der Waals surface area contributed by atoms with Crippen molar-refractivity contribution in [3.63, 3.8) is 0 Å². The monoisotopic (exact) mass is 288 g/mol. The summed E-state index contributed by atoms with van der Waals surface area (Å²) < 4.78 is 0. The first-order valence-corrected chi connectivity index (χ1v) is 7.93. The quantitative estimate of drug-likeness (QED) is 0.798. The smallest absolute Gasteiger partial charge is 0.319 e. The van der Waals surface area contributed by atoms with Crippen LogP contribution < -0.4 is 10.6 Å². The van der Waals surface area contributed by atoms with E-state index in [-0.39, 0.29) is 12.6 Å². The van der Waals surface area contributed by atoms with Crippen LogP contribution in [0.2, 0.25) is 0 Å². The van der Waals surface area contributed by atoms with Crippen LogP contribution >= 0.6 is 0 Å². The Morgan fingerprint density at radius 3 is 2.81 bits per heavy atom. The van der Waals surface area contributed by atoms with E-state index in [0.717, 1.165) is 31.4 Å². The Kier molecular flexibility index (Phi) is 3.89. The first kappa shape index (κ1) is 14.4. The van der Waals surface area contributed by atoms with Gasteiger partial charge < -0.3 is 15.7 Å². The topological polar surface area (TPSA) is 61.4 Å². The van der Waals surface area contributed by atoms with E-state index in [4.69, 9.17) is 0 Å². The number of benzene rings is 1. The van der Waals surface area contributed by atoms with Crippen LogP contribution in [0.1, 0.15) is 43.7 Å². The van der Waals surface area contributed by atoms with Crippen molar-refractivity contribution in [3.05, 3.63) is 29.3 Å². The largest absolute Gasteiger partial charge is 0.394 e. The highest BCUT2D eigenvalue weighted by molar-refractivity contribution is 5.91. The molecule has 114 valence electrons. The van der Waals surface area contributed by atoms with Crippen LogP contribution in [0, 0.1) is 5.92 Å².